The molecule has 72 valence electrons. The Morgan fingerprint density at radius 3 is 1.83 bits per heavy atom. The van der Waals surface area contributed by atoms with Gasteiger partial charge in [0.2, 0.25) is 0 Å². The van der Waals surface area contributed by atoms with E-state index in [0.717, 1.165) is 0 Å². The van der Waals surface area contributed by atoms with E-state index in [9.17, 15) is 13.9 Å². The fourth-order valence-corrected chi connectivity index (χ4v) is 1.58. The lowest BCUT2D eigenvalue weighted by Gasteiger charge is -2.39. The number of halogens is 2. The van der Waals surface area contributed by atoms with Gasteiger partial charge in [-0.3, -0.25) is 0 Å². The van der Waals surface area contributed by atoms with Crippen molar-refractivity contribution in [2.45, 2.75) is 51.6 Å². The smallest absolute Gasteiger partial charge is 0.266 e. The molecule has 1 N–H and O–H groups in total. The van der Waals surface area contributed by atoms with Crippen LogP contribution in [0.2, 0.25) is 0 Å². The molecule has 0 amide bonds. The van der Waals surface area contributed by atoms with Crippen molar-refractivity contribution in [3.63, 3.8) is 0 Å². The first-order valence-corrected chi connectivity index (χ1v) is 4.36. The Kier molecular flexibility index (Phi) is 2.43. The third-order valence-electron chi connectivity index (χ3n) is 2.88. The first kappa shape index (κ1) is 9.90. The molecule has 0 aliphatic heterocycles. The predicted molar refractivity (Wildman–Crippen MR) is 43.2 cm³/mol. The highest BCUT2D eigenvalue weighted by Gasteiger charge is 2.43. The van der Waals surface area contributed by atoms with E-state index in [1.54, 1.807) is 0 Å². The van der Waals surface area contributed by atoms with Crippen LogP contribution in [0.1, 0.15) is 39.5 Å². The molecule has 0 aromatic heterocycles. The molecule has 0 radical (unpaired) electrons. The zero-order valence-electron chi connectivity index (χ0n) is 7.61. The average molecular weight is 178 g/mol. The molecule has 0 heterocycles. The van der Waals surface area contributed by atoms with Gasteiger partial charge in [0.25, 0.3) is 6.43 Å². The normalized spacial score (nSPS) is 27.5. The highest BCUT2D eigenvalue weighted by atomic mass is 19.3. The van der Waals surface area contributed by atoms with Crippen molar-refractivity contribution in [2.24, 2.45) is 5.41 Å². The van der Waals surface area contributed by atoms with Crippen molar-refractivity contribution in [3.05, 3.63) is 0 Å². The molecular weight excluding hydrogens is 162 g/mol. The Labute approximate surface area is 71.8 Å². The van der Waals surface area contributed by atoms with Crippen LogP contribution in [0.15, 0.2) is 0 Å². The SMILES string of the molecule is CC1(C)CCC(O)(C(F)F)CC1. The molecule has 1 aliphatic rings. The Bertz CT molecular complexity index is 156. The summed E-state index contributed by atoms with van der Waals surface area (Å²) < 4.78 is 24.6. The molecule has 0 aromatic carbocycles. The van der Waals surface area contributed by atoms with Crippen LogP contribution in [0.5, 0.6) is 0 Å². The lowest BCUT2D eigenvalue weighted by Crippen LogP contribution is -2.42. The molecule has 0 spiro atoms. The van der Waals surface area contributed by atoms with Gasteiger partial charge < -0.3 is 5.11 Å². The number of rotatable bonds is 1. The van der Waals surface area contributed by atoms with Crippen molar-refractivity contribution < 1.29 is 13.9 Å². The Morgan fingerprint density at radius 1 is 1.08 bits per heavy atom. The molecule has 1 rings (SSSR count). The van der Waals surface area contributed by atoms with Crippen LogP contribution in [0.25, 0.3) is 0 Å². The van der Waals surface area contributed by atoms with Crippen LogP contribution in [0.4, 0.5) is 8.78 Å². The summed E-state index contributed by atoms with van der Waals surface area (Å²) in [5.41, 5.74) is -1.57. The minimum absolute atomic E-state index is 0.126. The molecule has 0 bridgehead atoms. The zero-order chi connectivity index (χ0) is 9.41. The first-order valence-electron chi connectivity index (χ1n) is 4.36. The van der Waals surface area contributed by atoms with Gasteiger partial charge in [-0.15, -0.1) is 0 Å². The topological polar surface area (TPSA) is 20.2 Å². The minimum atomic E-state index is -2.59. The standard InChI is InChI=1S/C9H16F2O/c1-8(2)3-5-9(12,6-4-8)7(10)11/h7,12H,3-6H2,1-2H3. The van der Waals surface area contributed by atoms with Gasteiger partial charge >= 0.3 is 0 Å². The largest absolute Gasteiger partial charge is 0.384 e. The van der Waals surface area contributed by atoms with Crippen molar-refractivity contribution in [1.29, 1.82) is 0 Å². The highest BCUT2D eigenvalue weighted by molar-refractivity contribution is 4.90. The average Bonchev–Trinajstić information content (AvgIpc) is 1.96. The van der Waals surface area contributed by atoms with Crippen LogP contribution in [0.3, 0.4) is 0 Å². The molecule has 0 atom stereocenters. The Hall–Kier alpha value is -0.180. The quantitative estimate of drug-likeness (QED) is 0.654. The molecular formula is C9H16F2O. The molecule has 0 saturated heterocycles. The molecule has 12 heavy (non-hydrogen) atoms. The van der Waals surface area contributed by atoms with Gasteiger partial charge in [0.05, 0.1) is 0 Å². The maximum Gasteiger partial charge on any atom is 0.266 e. The maximum atomic E-state index is 12.3. The van der Waals surface area contributed by atoms with E-state index in [4.69, 9.17) is 0 Å². The molecule has 1 aliphatic carbocycles. The summed E-state index contributed by atoms with van der Waals surface area (Å²) in [6.07, 6.45) is -0.745. The first-order chi connectivity index (χ1) is 5.36. The molecule has 0 unspecified atom stereocenters. The van der Waals surface area contributed by atoms with Crippen LogP contribution in [-0.2, 0) is 0 Å². The van der Waals surface area contributed by atoms with E-state index < -0.39 is 12.0 Å². The van der Waals surface area contributed by atoms with Gasteiger partial charge in [0.1, 0.15) is 5.60 Å². The van der Waals surface area contributed by atoms with Crippen molar-refractivity contribution >= 4 is 0 Å². The van der Waals surface area contributed by atoms with Gasteiger partial charge in [-0.25, -0.2) is 8.78 Å². The van der Waals surface area contributed by atoms with Gasteiger partial charge in [0, 0.05) is 0 Å². The van der Waals surface area contributed by atoms with E-state index in [-0.39, 0.29) is 18.3 Å². The third kappa shape index (κ3) is 1.94. The number of hydrogen-bond donors (Lipinski definition) is 1. The fraction of sp³-hybridized carbons (Fsp3) is 1.00. The van der Waals surface area contributed by atoms with Crippen molar-refractivity contribution in [1.82, 2.24) is 0 Å². The molecule has 1 fully saturated rings. The minimum Gasteiger partial charge on any atom is -0.384 e. The summed E-state index contributed by atoms with van der Waals surface area (Å²) in [7, 11) is 0. The van der Waals surface area contributed by atoms with Gasteiger partial charge in [-0.1, -0.05) is 13.8 Å². The van der Waals surface area contributed by atoms with E-state index in [1.807, 2.05) is 0 Å². The van der Waals surface area contributed by atoms with Crippen LogP contribution in [0, 0.1) is 5.41 Å². The van der Waals surface area contributed by atoms with Crippen LogP contribution in [-0.4, -0.2) is 17.1 Å². The van der Waals surface area contributed by atoms with E-state index >= 15 is 0 Å². The summed E-state index contributed by atoms with van der Waals surface area (Å²) in [5, 5.41) is 9.43. The molecule has 1 nitrogen and oxygen atoms in total. The second-order valence-electron chi connectivity index (χ2n) is 4.57. The van der Waals surface area contributed by atoms with Crippen molar-refractivity contribution in [3.8, 4) is 0 Å². The van der Waals surface area contributed by atoms with Gasteiger partial charge in [0.15, 0.2) is 0 Å². The number of hydrogen-bond acceptors (Lipinski definition) is 1. The van der Waals surface area contributed by atoms with E-state index in [1.165, 1.54) is 0 Å². The Morgan fingerprint density at radius 2 is 1.50 bits per heavy atom. The number of aliphatic hydroxyl groups is 1. The van der Waals surface area contributed by atoms with Gasteiger partial charge in [-0.05, 0) is 31.1 Å². The Balaban J connectivity index is 2.55. The van der Waals surface area contributed by atoms with Gasteiger partial charge in [-0.2, -0.15) is 0 Å². The fourth-order valence-electron chi connectivity index (χ4n) is 1.58. The van der Waals surface area contributed by atoms with E-state index in [0.29, 0.717) is 12.8 Å². The molecule has 0 aromatic rings. The zero-order valence-corrected chi connectivity index (χ0v) is 7.61. The van der Waals surface area contributed by atoms with Crippen molar-refractivity contribution in [2.75, 3.05) is 0 Å². The lowest BCUT2D eigenvalue weighted by atomic mass is 9.71. The maximum absolute atomic E-state index is 12.3. The molecule has 3 heteroatoms. The van der Waals surface area contributed by atoms with Crippen LogP contribution < -0.4 is 0 Å². The second kappa shape index (κ2) is 2.95. The summed E-state index contributed by atoms with van der Waals surface area (Å²) in [6.45, 7) is 4.11. The third-order valence-corrected chi connectivity index (χ3v) is 2.88. The lowest BCUT2D eigenvalue weighted by molar-refractivity contribution is -0.129. The molecule has 1 saturated carbocycles. The summed E-state index contributed by atoms with van der Waals surface area (Å²) >= 11 is 0. The monoisotopic (exact) mass is 178 g/mol. The number of alkyl halides is 2. The summed E-state index contributed by atoms with van der Waals surface area (Å²) in [5.74, 6) is 0. The van der Waals surface area contributed by atoms with E-state index in [2.05, 4.69) is 13.8 Å². The summed E-state index contributed by atoms with van der Waals surface area (Å²) in [6, 6.07) is 0. The summed E-state index contributed by atoms with van der Waals surface area (Å²) in [4.78, 5) is 0. The second-order valence-corrected chi connectivity index (χ2v) is 4.57. The van der Waals surface area contributed by atoms with Crippen LogP contribution >= 0.6 is 0 Å². The predicted octanol–water partition coefficient (Wildman–Crippen LogP) is 2.58. The highest BCUT2D eigenvalue weighted by Crippen LogP contribution is 2.42.